The molecule has 1 fully saturated rings. The van der Waals surface area contributed by atoms with Crippen LogP contribution >= 0.6 is 0 Å². The van der Waals surface area contributed by atoms with Crippen LogP contribution in [0.3, 0.4) is 0 Å². The van der Waals surface area contributed by atoms with E-state index in [2.05, 4.69) is 26.5 Å². The minimum absolute atomic E-state index is 0.619. The minimum Gasteiger partial charge on any atom is -0.352 e. The fraction of sp³-hybridized carbons (Fsp3) is 0.692. The molecular formula is C13H22N4. The third-order valence-electron chi connectivity index (χ3n) is 3.43. The lowest BCUT2D eigenvalue weighted by atomic mass is 9.99. The highest BCUT2D eigenvalue weighted by molar-refractivity contribution is 5.39. The number of nitrogens with zero attached hydrogens (tertiary/aromatic N) is 3. The number of hydrogen-bond acceptors (Lipinski definition) is 4. The van der Waals surface area contributed by atoms with Gasteiger partial charge in [0.2, 0.25) is 0 Å². The van der Waals surface area contributed by atoms with Gasteiger partial charge in [0.25, 0.3) is 0 Å². The molecule has 0 bridgehead atoms. The Labute approximate surface area is 103 Å². The summed E-state index contributed by atoms with van der Waals surface area (Å²) in [5.41, 5.74) is 0.984. The number of hydrogen-bond donors (Lipinski definition) is 1. The first-order valence-corrected chi connectivity index (χ1v) is 6.53. The van der Waals surface area contributed by atoms with E-state index in [1.165, 1.54) is 25.7 Å². The highest BCUT2D eigenvalue weighted by atomic mass is 15.3. The Morgan fingerprint density at radius 3 is 2.94 bits per heavy atom. The van der Waals surface area contributed by atoms with Gasteiger partial charge in [-0.3, -0.25) is 0 Å². The van der Waals surface area contributed by atoms with E-state index >= 15 is 0 Å². The zero-order valence-electron chi connectivity index (χ0n) is 10.8. The molecular weight excluding hydrogens is 212 g/mol. The standard InChI is InChI=1S/C13H22N4/c1-11-6-7-13(16-15-11)17-10-4-3-5-12(17)8-9-14-2/h6-7,12,14H,3-5,8-10H2,1-2H3. The van der Waals surface area contributed by atoms with Gasteiger partial charge in [0.1, 0.15) is 0 Å². The molecule has 17 heavy (non-hydrogen) atoms. The van der Waals surface area contributed by atoms with Crippen LogP contribution in [0, 0.1) is 6.92 Å². The average molecular weight is 234 g/mol. The van der Waals surface area contributed by atoms with Crippen molar-refractivity contribution in [2.24, 2.45) is 0 Å². The summed E-state index contributed by atoms with van der Waals surface area (Å²) in [6, 6.07) is 4.76. The summed E-state index contributed by atoms with van der Waals surface area (Å²) in [5, 5.41) is 11.7. The molecule has 4 heteroatoms. The van der Waals surface area contributed by atoms with E-state index in [9.17, 15) is 0 Å². The molecule has 2 heterocycles. The SMILES string of the molecule is CNCCC1CCCCN1c1ccc(C)nn1. The summed E-state index contributed by atoms with van der Waals surface area (Å²) in [5.74, 6) is 1.04. The Morgan fingerprint density at radius 2 is 2.24 bits per heavy atom. The van der Waals surface area contributed by atoms with Gasteiger partial charge in [-0.05, 0) is 58.3 Å². The summed E-state index contributed by atoms with van der Waals surface area (Å²) < 4.78 is 0. The Morgan fingerprint density at radius 1 is 1.35 bits per heavy atom. The Hall–Kier alpha value is -1.16. The van der Waals surface area contributed by atoms with Crippen molar-refractivity contribution in [1.82, 2.24) is 15.5 Å². The largest absolute Gasteiger partial charge is 0.352 e. The molecule has 0 saturated carbocycles. The number of aromatic nitrogens is 2. The predicted molar refractivity (Wildman–Crippen MR) is 70.3 cm³/mol. The second-order valence-electron chi connectivity index (χ2n) is 4.77. The maximum absolute atomic E-state index is 4.32. The molecule has 0 amide bonds. The molecule has 1 atom stereocenters. The van der Waals surface area contributed by atoms with Crippen molar-refractivity contribution in [3.63, 3.8) is 0 Å². The average Bonchev–Trinajstić information content (AvgIpc) is 2.38. The zero-order valence-corrected chi connectivity index (χ0v) is 10.8. The molecule has 1 aliphatic heterocycles. The van der Waals surface area contributed by atoms with Crippen molar-refractivity contribution in [1.29, 1.82) is 0 Å². The van der Waals surface area contributed by atoms with Gasteiger partial charge in [0.15, 0.2) is 5.82 Å². The third kappa shape index (κ3) is 3.16. The van der Waals surface area contributed by atoms with Crippen LogP contribution < -0.4 is 10.2 Å². The topological polar surface area (TPSA) is 41.0 Å². The predicted octanol–water partition coefficient (Wildman–Crippen LogP) is 1.75. The molecule has 1 aromatic heterocycles. The minimum atomic E-state index is 0.619. The van der Waals surface area contributed by atoms with Crippen LogP contribution in [0.5, 0.6) is 0 Å². The molecule has 4 nitrogen and oxygen atoms in total. The van der Waals surface area contributed by atoms with Crippen molar-refractivity contribution in [2.45, 2.75) is 38.6 Å². The van der Waals surface area contributed by atoms with E-state index in [-0.39, 0.29) is 0 Å². The van der Waals surface area contributed by atoms with Crippen LogP contribution in [-0.4, -0.2) is 36.4 Å². The van der Waals surface area contributed by atoms with Crippen LogP contribution in [0.1, 0.15) is 31.4 Å². The second-order valence-corrected chi connectivity index (χ2v) is 4.77. The van der Waals surface area contributed by atoms with E-state index in [4.69, 9.17) is 0 Å². The normalized spacial score (nSPS) is 20.6. The van der Waals surface area contributed by atoms with Gasteiger partial charge < -0.3 is 10.2 Å². The van der Waals surface area contributed by atoms with E-state index in [0.717, 1.165) is 24.6 Å². The number of aryl methyl sites for hydroxylation is 1. The van der Waals surface area contributed by atoms with E-state index in [0.29, 0.717) is 6.04 Å². The molecule has 1 N–H and O–H groups in total. The molecule has 0 aliphatic carbocycles. The smallest absolute Gasteiger partial charge is 0.151 e. The fourth-order valence-electron chi connectivity index (χ4n) is 2.46. The Kier molecular flexibility index (Phi) is 4.31. The van der Waals surface area contributed by atoms with Crippen LogP contribution in [0.15, 0.2) is 12.1 Å². The van der Waals surface area contributed by atoms with Gasteiger partial charge in [0, 0.05) is 12.6 Å². The summed E-state index contributed by atoms with van der Waals surface area (Å²) in [4.78, 5) is 2.42. The molecule has 0 aromatic carbocycles. The first-order chi connectivity index (χ1) is 8.31. The van der Waals surface area contributed by atoms with E-state index < -0.39 is 0 Å². The zero-order chi connectivity index (χ0) is 12.1. The van der Waals surface area contributed by atoms with E-state index in [1.54, 1.807) is 0 Å². The molecule has 0 spiro atoms. The lowest BCUT2D eigenvalue weighted by Crippen LogP contribution is -2.41. The number of anilines is 1. The fourth-order valence-corrected chi connectivity index (χ4v) is 2.46. The summed E-state index contributed by atoms with van der Waals surface area (Å²) in [6.07, 6.45) is 5.07. The van der Waals surface area contributed by atoms with Gasteiger partial charge >= 0.3 is 0 Å². The Bertz CT molecular complexity index is 336. The van der Waals surface area contributed by atoms with Gasteiger partial charge in [-0.25, -0.2) is 0 Å². The molecule has 1 unspecified atom stereocenters. The van der Waals surface area contributed by atoms with Crippen molar-refractivity contribution >= 4 is 5.82 Å². The first-order valence-electron chi connectivity index (χ1n) is 6.53. The first kappa shape index (κ1) is 12.3. The molecule has 94 valence electrons. The molecule has 1 aromatic rings. The van der Waals surface area contributed by atoms with Crippen molar-refractivity contribution in [3.8, 4) is 0 Å². The number of nitrogens with one attached hydrogen (secondary N) is 1. The van der Waals surface area contributed by atoms with Crippen molar-refractivity contribution in [2.75, 3.05) is 25.0 Å². The van der Waals surface area contributed by atoms with Crippen LogP contribution in [0.25, 0.3) is 0 Å². The lowest BCUT2D eigenvalue weighted by Gasteiger charge is -2.36. The quantitative estimate of drug-likeness (QED) is 0.862. The maximum Gasteiger partial charge on any atom is 0.151 e. The van der Waals surface area contributed by atoms with E-state index in [1.807, 2.05) is 20.0 Å². The van der Waals surface area contributed by atoms with Crippen molar-refractivity contribution in [3.05, 3.63) is 17.8 Å². The lowest BCUT2D eigenvalue weighted by molar-refractivity contribution is 0.429. The molecule has 0 radical (unpaired) electrons. The molecule has 1 saturated heterocycles. The van der Waals surface area contributed by atoms with Crippen molar-refractivity contribution < 1.29 is 0 Å². The summed E-state index contributed by atoms with van der Waals surface area (Å²) in [6.45, 7) is 4.16. The van der Waals surface area contributed by atoms with Crippen LogP contribution in [0.4, 0.5) is 5.82 Å². The monoisotopic (exact) mass is 234 g/mol. The highest BCUT2D eigenvalue weighted by Gasteiger charge is 2.23. The van der Waals surface area contributed by atoms with Gasteiger partial charge in [-0.15, -0.1) is 5.10 Å². The second kappa shape index (κ2) is 5.96. The third-order valence-corrected chi connectivity index (χ3v) is 3.43. The van der Waals surface area contributed by atoms with Gasteiger partial charge in [-0.2, -0.15) is 5.10 Å². The number of piperidine rings is 1. The highest BCUT2D eigenvalue weighted by Crippen LogP contribution is 2.24. The maximum atomic E-state index is 4.32. The Balaban J connectivity index is 2.07. The molecule has 2 rings (SSSR count). The van der Waals surface area contributed by atoms with Crippen LogP contribution in [-0.2, 0) is 0 Å². The molecule has 1 aliphatic rings. The number of rotatable bonds is 4. The van der Waals surface area contributed by atoms with Gasteiger partial charge in [0.05, 0.1) is 5.69 Å². The van der Waals surface area contributed by atoms with Gasteiger partial charge in [-0.1, -0.05) is 0 Å². The summed E-state index contributed by atoms with van der Waals surface area (Å²) in [7, 11) is 2.01. The summed E-state index contributed by atoms with van der Waals surface area (Å²) >= 11 is 0. The van der Waals surface area contributed by atoms with Crippen LogP contribution in [0.2, 0.25) is 0 Å².